The van der Waals surface area contributed by atoms with Crippen LogP contribution < -0.4 is 0 Å². The third-order valence-electron chi connectivity index (χ3n) is 1.36. The van der Waals surface area contributed by atoms with Gasteiger partial charge >= 0.3 is 0 Å². The minimum atomic E-state index is 0.330. The Hall–Kier alpha value is -0.0800. The Balaban J connectivity index is 2.89. The summed E-state index contributed by atoms with van der Waals surface area (Å²) in [5, 5.41) is 0. The number of ether oxygens (including phenoxy) is 2. The van der Waals surface area contributed by atoms with E-state index in [1.165, 1.54) is 0 Å². The molecule has 1 unspecified atom stereocenters. The van der Waals surface area contributed by atoms with E-state index in [1.54, 1.807) is 0 Å². The molecule has 2 nitrogen and oxygen atoms in total. The van der Waals surface area contributed by atoms with Crippen LogP contribution in [0.4, 0.5) is 0 Å². The molecule has 0 N–H and O–H groups in total. The molecule has 0 fully saturated rings. The van der Waals surface area contributed by atoms with Crippen LogP contribution in [0.5, 0.6) is 0 Å². The standard InChI is InChI=1S/C8H18O2/c1-4-6-9-7-10-8(3)5-2/h8H,4-7H2,1-3H3. The first kappa shape index (κ1) is 9.92. The van der Waals surface area contributed by atoms with Gasteiger partial charge in [0.15, 0.2) is 0 Å². The van der Waals surface area contributed by atoms with Gasteiger partial charge in [-0.15, -0.1) is 0 Å². The minimum Gasteiger partial charge on any atom is -0.355 e. The first-order valence-corrected chi connectivity index (χ1v) is 4.00. The van der Waals surface area contributed by atoms with Gasteiger partial charge < -0.3 is 9.47 Å². The third kappa shape index (κ3) is 6.05. The lowest BCUT2D eigenvalue weighted by Gasteiger charge is -2.09. The van der Waals surface area contributed by atoms with Gasteiger partial charge in [0.05, 0.1) is 6.10 Å². The van der Waals surface area contributed by atoms with Crippen molar-refractivity contribution in [3.8, 4) is 0 Å². The van der Waals surface area contributed by atoms with Gasteiger partial charge in [-0.2, -0.15) is 0 Å². The molecule has 0 heterocycles. The monoisotopic (exact) mass is 146 g/mol. The van der Waals surface area contributed by atoms with Crippen molar-refractivity contribution < 1.29 is 9.47 Å². The van der Waals surface area contributed by atoms with Gasteiger partial charge in [-0.25, -0.2) is 0 Å². The summed E-state index contributed by atoms with van der Waals surface area (Å²) in [5.41, 5.74) is 0. The maximum Gasteiger partial charge on any atom is 0.147 e. The van der Waals surface area contributed by atoms with Crippen molar-refractivity contribution in [1.29, 1.82) is 0 Å². The van der Waals surface area contributed by atoms with Crippen LogP contribution in [0, 0.1) is 0 Å². The summed E-state index contributed by atoms with van der Waals surface area (Å²) >= 11 is 0. The van der Waals surface area contributed by atoms with Gasteiger partial charge in [0, 0.05) is 6.61 Å². The highest BCUT2D eigenvalue weighted by molar-refractivity contribution is 4.40. The molecule has 62 valence electrons. The van der Waals surface area contributed by atoms with Crippen molar-refractivity contribution in [2.24, 2.45) is 0 Å². The van der Waals surface area contributed by atoms with E-state index in [9.17, 15) is 0 Å². The summed E-state index contributed by atoms with van der Waals surface area (Å²) in [5.74, 6) is 0. The Morgan fingerprint density at radius 2 is 2.00 bits per heavy atom. The fourth-order valence-corrected chi connectivity index (χ4v) is 0.485. The Labute approximate surface area is 63.5 Å². The second-order valence-corrected chi connectivity index (χ2v) is 2.41. The van der Waals surface area contributed by atoms with E-state index >= 15 is 0 Å². The summed E-state index contributed by atoms with van der Waals surface area (Å²) in [4.78, 5) is 0. The van der Waals surface area contributed by atoms with Crippen LogP contribution >= 0.6 is 0 Å². The summed E-state index contributed by atoms with van der Waals surface area (Å²) < 4.78 is 10.4. The SMILES string of the molecule is CCCOCOC(C)CC. The predicted molar refractivity (Wildman–Crippen MR) is 41.9 cm³/mol. The Bertz CT molecular complexity index is 64.3. The van der Waals surface area contributed by atoms with Crippen molar-refractivity contribution in [3.05, 3.63) is 0 Å². The summed E-state index contributed by atoms with van der Waals surface area (Å²) in [6, 6.07) is 0. The van der Waals surface area contributed by atoms with Crippen molar-refractivity contribution in [2.45, 2.75) is 39.7 Å². The molecule has 0 aromatic rings. The normalized spacial score (nSPS) is 13.5. The van der Waals surface area contributed by atoms with Crippen molar-refractivity contribution in [2.75, 3.05) is 13.4 Å². The zero-order valence-electron chi connectivity index (χ0n) is 7.22. The second kappa shape index (κ2) is 7.03. The Kier molecular flexibility index (Phi) is 6.98. The molecule has 0 amide bonds. The molecule has 0 aromatic carbocycles. The molecular formula is C8H18O2. The predicted octanol–water partition coefficient (Wildman–Crippen LogP) is 2.19. The third-order valence-corrected chi connectivity index (χ3v) is 1.36. The van der Waals surface area contributed by atoms with Crippen molar-refractivity contribution in [1.82, 2.24) is 0 Å². The van der Waals surface area contributed by atoms with Crippen LogP contribution in [0.3, 0.4) is 0 Å². The van der Waals surface area contributed by atoms with E-state index in [2.05, 4.69) is 20.8 Å². The summed E-state index contributed by atoms with van der Waals surface area (Å²) in [7, 11) is 0. The maximum absolute atomic E-state index is 5.27. The molecule has 10 heavy (non-hydrogen) atoms. The first-order chi connectivity index (χ1) is 4.81. The molecule has 0 saturated heterocycles. The molecule has 0 aliphatic carbocycles. The Morgan fingerprint density at radius 3 is 2.50 bits per heavy atom. The summed E-state index contributed by atoms with van der Waals surface area (Å²) in [6.45, 7) is 7.49. The second-order valence-electron chi connectivity index (χ2n) is 2.41. The van der Waals surface area contributed by atoms with E-state index < -0.39 is 0 Å². The average Bonchev–Trinajstić information content (AvgIpc) is 1.98. The number of hydrogen-bond acceptors (Lipinski definition) is 2. The smallest absolute Gasteiger partial charge is 0.147 e. The summed E-state index contributed by atoms with van der Waals surface area (Å²) in [6.07, 6.45) is 2.44. The van der Waals surface area contributed by atoms with Crippen molar-refractivity contribution in [3.63, 3.8) is 0 Å². The number of hydrogen-bond donors (Lipinski definition) is 0. The van der Waals surface area contributed by atoms with Gasteiger partial charge in [0.1, 0.15) is 6.79 Å². The van der Waals surface area contributed by atoms with Gasteiger partial charge in [0.25, 0.3) is 0 Å². The molecule has 0 aromatic heterocycles. The van der Waals surface area contributed by atoms with E-state index in [4.69, 9.17) is 9.47 Å². The average molecular weight is 146 g/mol. The topological polar surface area (TPSA) is 18.5 Å². The van der Waals surface area contributed by atoms with E-state index in [-0.39, 0.29) is 0 Å². The van der Waals surface area contributed by atoms with Crippen LogP contribution in [0.1, 0.15) is 33.6 Å². The van der Waals surface area contributed by atoms with Crippen LogP contribution in [-0.2, 0) is 9.47 Å². The molecule has 0 radical (unpaired) electrons. The molecule has 1 atom stereocenters. The lowest BCUT2D eigenvalue weighted by molar-refractivity contribution is -0.0842. The molecule has 2 heteroatoms. The van der Waals surface area contributed by atoms with Crippen LogP contribution in [0.2, 0.25) is 0 Å². The zero-order valence-corrected chi connectivity index (χ0v) is 7.22. The highest BCUT2D eigenvalue weighted by Crippen LogP contribution is 1.95. The highest BCUT2D eigenvalue weighted by Gasteiger charge is 1.95. The van der Waals surface area contributed by atoms with E-state index in [1.807, 2.05) is 0 Å². The zero-order chi connectivity index (χ0) is 7.82. The molecule has 0 aliphatic heterocycles. The van der Waals surface area contributed by atoms with E-state index in [0.717, 1.165) is 19.4 Å². The number of rotatable bonds is 6. The highest BCUT2D eigenvalue weighted by atomic mass is 16.7. The fourth-order valence-electron chi connectivity index (χ4n) is 0.485. The van der Waals surface area contributed by atoms with Gasteiger partial charge in [-0.3, -0.25) is 0 Å². The largest absolute Gasteiger partial charge is 0.355 e. The lowest BCUT2D eigenvalue weighted by Crippen LogP contribution is -2.10. The minimum absolute atomic E-state index is 0.330. The van der Waals surface area contributed by atoms with Crippen LogP contribution in [0.25, 0.3) is 0 Å². The quantitative estimate of drug-likeness (QED) is 0.422. The molecule has 0 spiro atoms. The van der Waals surface area contributed by atoms with Crippen molar-refractivity contribution >= 4 is 0 Å². The molecule has 0 bridgehead atoms. The van der Waals surface area contributed by atoms with Gasteiger partial charge in [-0.05, 0) is 19.8 Å². The van der Waals surface area contributed by atoms with Gasteiger partial charge in [-0.1, -0.05) is 13.8 Å². The molecule has 0 aliphatic rings. The molecule has 0 saturated carbocycles. The van der Waals surface area contributed by atoms with Crippen LogP contribution in [-0.4, -0.2) is 19.5 Å². The Morgan fingerprint density at radius 1 is 1.30 bits per heavy atom. The first-order valence-electron chi connectivity index (χ1n) is 4.00. The molecule has 0 rings (SSSR count). The van der Waals surface area contributed by atoms with E-state index in [0.29, 0.717) is 12.9 Å². The lowest BCUT2D eigenvalue weighted by atomic mass is 10.3. The van der Waals surface area contributed by atoms with Crippen LogP contribution in [0.15, 0.2) is 0 Å². The molecular weight excluding hydrogens is 128 g/mol. The maximum atomic E-state index is 5.27. The van der Waals surface area contributed by atoms with Gasteiger partial charge in [0.2, 0.25) is 0 Å². The fraction of sp³-hybridized carbons (Fsp3) is 1.00.